The number of fused-ring (bicyclic) bond motifs is 1. The number of amides is 1. The molecule has 4 rings (SSSR count). The van der Waals surface area contributed by atoms with Crippen molar-refractivity contribution in [3.63, 3.8) is 0 Å². The molecule has 0 spiro atoms. The number of benzene rings is 1. The average molecular weight is 393 g/mol. The van der Waals surface area contributed by atoms with Crippen LogP contribution in [-0.4, -0.2) is 53.6 Å². The second-order valence-electron chi connectivity index (χ2n) is 7.40. The lowest BCUT2D eigenvalue weighted by atomic mass is 10.0. The highest BCUT2D eigenvalue weighted by molar-refractivity contribution is 6.07. The fourth-order valence-electron chi connectivity index (χ4n) is 4.03. The van der Waals surface area contributed by atoms with Crippen LogP contribution in [0.1, 0.15) is 30.1 Å². The Kier molecular flexibility index (Phi) is 5.29. The van der Waals surface area contributed by atoms with Crippen molar-refractivity contribution in [1.29, 1.82) is 0 Å². The van der Waals surface area contributed by atoms with Crippen molar-refractivity contribution in [1.82, 2.24) is 14.9 Å². The van der Waals surface area contributed by atoms with E-state index in [1.54, 1.807) is 12.4 Å². The normalized spacial score (nSPS) is 14.9. The minimum absolute atomic E-state index is 0.0517. The molecule has 0 aliphatic carbocycles. The zero-order chi connectivity index (χ0) is 20.4. The molecular weight excluding hydrogens is 366 g/mol. The van der Waals surface area contributed by atoms with Gasteiger partial charge in [0.1, 0.15) is 0 Å². The van der Waals surface area contributed by atoms with Gasteiger partial charge in [0.25, 0.3) is 5.91 Å². The lowest BCUT2D eigenvalue weighted by Gasteiger charge is -2.37. The van der Waals surface area contributed by atoms with Crippen molar-refractivity contribution in [3.8, 4) is 5.75 Å². The third-order valence-corrected chi connectivity index (χ3v) is 5.62. The minimum Gasteiger partial charge on any atom is -0.490 e. The van der Waals surface area contributed by atoms with E-state index in [1.165, 1.54) is 0 Å². The third kappa shape index (κ3) is 3.72. The van der Waals surface area contributed by atoms with Gasteiger partial charge in [-0.3, -0.25) is 4.79 Å². The molecule has 1 aliphatic rings. The summed E-state index contributed by atoms with van der Waals surface area (Å²) in [6.07, 6.45) is 5.34. The number of rotatable bonds is 5. The Labute approximate surface area is 170 Å². The number of nitrogens with two attached hydrogens (primary N) is 1. The van der Waals surface area contributed by atoms with Crippen LogP contribution in [0.15, 0.2) is 42.7 Å². The molecule has 3 aromatic rings. The first-order valence-electron chi connectivity index (χ1n) is 10.0. The van der Waals surface area contributed by atoms with Crippen molar-refractivity contribution >= 4 is 28.3 Å². The first-order chi connectivity index (χ1) is 14.1. The second kappa shape index (κ2) is 8.03. The Morgan fingerprint density at radius 1 is 1.34 bits per heavy atom. The van der Waals surface area contributed by atoms with E-state index in [2.05, 4.69) is 21.9 Å². The summed E-state index contributed by atoms with van der Waals surface area (Å²) in [6, 6.07) is 9.75. The van der Waals surface area contributed by atoms with Crippen LogP contribution >= 0.6 is 0 Å². The SMILES string of the molecule is CCOc1cccnc1N(C)C1CCN(C(=O)c2c[nH]c3ccc(N)cc23)CC1. The van der Waals surface area contributed by atoms with Crippen LogP contribution in [0, 0.1) is 0 Å². The highest BCUT2D eigenvalue weighted by Crippen LogP contribution is 2.29. The van der Waals surface area contributed by atoms with Crippen LogP contribution in [0.25, 0.3) is 10.9 Å². The van der Waals surface area contributed by atoms with Crippen LogP contribution in [-0.2, 0) is 0 Å². The van der Waals surface area contributed by atoms with E-state index >= 15 is 0 Å². The third-order valence-electron chi connectivity index (χ3n) is 5.62. The molecule has 1 aromatic carbocycles. The molecule has 29 heavy (non-hydrogen) atoms. The Bertz CT molecular complexity index is 1010. The Hall–Kier alpha value is -3.22. The number of anilines is 2. The molecule has 152 valence electrons. The van der Waals surface area contributed by atoms with E-state index in [0.29, 0.717) is 37.0 Å². The van der Waals surface area contributed by atoms with Crippen LogP contribution in [0.4, 0.5) is 11.5 Å². The van der Waals surface area contributed by atoms with Crippen molar-refractivity contribution in [2.75, 3.05) is 37.4 Å². The maximum absolute atomic E-state index is 13.1. The number of hydrogen-bond acceptors (Lipinski definition) is 5. The van der Waals surface area contributed by atoms with Gasteiger partial charge in [-0.25, -0.2) is 4.98 Å². The van der Waals surface area contributed by atoms with Gasteiger partial charge in [-0.05, 0) is 50.1 Å². The Balaban J connectivity index is 1.45. The number of aromatic amines is 1. The molecule has 7 nitrogen and oxygen atoms in total. The second-order valence-corrected chi connectivity index (χ2v) is 7.40. The summed E-state index contributed by atoms with van der Waals surface area (Å²) >= 11 is 0. The van der Waals surface area contributed by atoms with Crippen LogP contribution < -0.4 is 15.4 Å². The van der Waals surface area contributed by atoms with E-state index in [-0.39, 0.29) is 5.91 Å². The molecule has 0 saturated carbocycles. The number of hydrogen-bond donors (Lipinski definition) is 2. The van der Waals surface area contributed by atoms with Crippen molar-refractivity contribution in [2.45, 2.75) is 25.8 Å². The summed E-state index contributed by atoms with van der Waals surface area (Å²) in [6.45, 7) is 3.99. The zero-order valence-corrected chi connectivity index (χ0v) is 16.9. The maximum atomic E-state index is 13.1. The number of carbonyl (C=O) groups is 1. The lowest BCUT2D eigenvalue weighted by Crippen LogP contribution is -2.46. The first-order valence-corrected chi connectivity index (χ1v) is 10.0. The molecule has 1 amide bonds. The van der Waals surface area contributed by atoms with E-state index in [0.717, 1.165) is 35.3 Å². The number of nitrogens with zero attached hydrogens (tertiary/aromatic N) is 3. The summed E-state index contributed by atoms with van der Waals surface area (Å²) in [5.74, 6) is 1.70. The quantitative estimate of drug-likeness (QED) is 0.650. The molecule has 3 N–H and O–H groups in total. The van der Waals surface area contributed by atoms with Crippen LogP contribution in [0.5, 0.6) is 5.75 Å². The molecule has 1 fully saturated rings. The molecule has 0 unspecified atom stereocenters. The van der Waals surface area contributed by atoms with Gasteiger partial charge in [0.15, 0.2) is 11.6 Å². The predicted octanol–water partition coefficient (Wildman–Crippen LogP) is 3.28. The van der Waals surface area contributed by atoms with Gasteiger partial charge in [-0.15, -0.1) is 0 Å². The summed E-state index contributed by atoms with van der Waals surface area (Å²) in [4.78, 5) is 24.9. The number of likely N-dealkylation sites (tertiary alicyclic amines) is 1. The van der Waals surface area contributed by atoms with Crippen LogP contribution in [0.2, 0.25) is 0 Å². The van der Waals surface area contributed by atoms with E-state index in [1.807, 2.05) is 42.2 Å². The van der Waals surface area contributed by atoms with Gasteiger partial charge in [-0.2, -0.15) is 0 Å². The number of ether oxygens (including phenoxy) is 1. The van der Waals surface area contributed by atoms with Gasteiger partial charge in [0.2, 0.25) is 0 Å². The molecule has 0 bridgehead atoms. The van der Waals surface area contributed by atoms with Gasteiger partial charge in [0.05, 0.1) is 12.2 Å². The monoisotopic (exact) mass is 393 g/mol. The fourth-order valence-corrected chi connectivity index (χ4v) is 4.03. The molecule has 0 radical (unpaired) electrons. The van der Waals surface area contributed by atoms with Crippen molar-refractivity contribution in [3.05, 3.63) is 48.3 Å². The average Bonchev–Trinajstić information content (AvgIpc) is 3.16. The highest BCUT2D eigenvalue weighted by atomic mass is 16.5. The van der Waals surface area contributed by atoms with Gasteiger partial charge >= 0.3 is 0 Å². The summed E-state index contributed by atoms with van der Waals surface area (Å²) < 4.78 is 5.73. The minimum atomic E-state index is 0.0517. The Morgan fingerprint density at radius 2 is 2.14 bits per heavy atom. The topological polar surface area (TPSA) is 87.5 Å². The zero-order valence-electron chi connectivity index (χ0n) is 16.9. The van der Waals surface area contributed by atoms with Gasteiger partial charge in [0, 0.05) is 55.2 Å². The molecular formula is C22H27N5O2. The molecule has 2 aromatic heterocycles. The highest BCUT2D eigenvalue weighted by Gasteiger charge is 2.28. The summed E-state index contributed by atoms with van der Waals surface area (Å²) in [5.41, 5.74) is 8.18. The summed E-state index contributed by atoms with van der Waals surface area (Å²) in [5, 5.41) is 0.879. The molecule has 3 heterocycles. The van der Waals surface area contributed by atoms with E-state index < -0.39 is 0 Å². The molecule has 7 heteroatoms. The molecule has 1 saturated heterocycles. The van der Waals surface area contributed by atoms with Crippen LogP contribution in [0.3, 0.4) is 0 Å². The molecule has 1 aliphatic heterocycles. The number of nitrogen functional groups attached to an aromatic ring is 1. The lowest BCUT2D eigenvalue weighted by molar-refractivity contribution is 0.0715. The first kappa shape index (κ1) is 19.1. The van der Waals surface area contributed by atoms with Crippen molar-refractivity contribution in [2.24, 2.45) is 0 Å². The predicted molar refractivity (Wildman–Crippen MR) is 115 cm³/mol. The van der Waals surface area contributed by atoms with Gasteiger partial charge < -0.3 is 25.3 Å². The number of pyridine rings is 1. The smallest absolute Gasteiger partial charge is 0.256 e. The number of H-pyrrole nitrogens is 1. The standard InChI is InChI=1S/C22H27N5O2/c1-3-29-20-5-4-10-24-21(20)26(2)16-8-11-27(12-9-16)22(28)18-14-25-19-7-6-15(23)13-17(18)19/h4-7,10,13-14,16,25H,3,8-9,11-12,23H2,1-2H3. The van der Waals surface area contributed by atoms with Gasteiger partial charge in [-0.1, -0.05) is 0 Å². The van der Waals surface area contributed by atoms with Crippen molar-refractivity contribution < 1.29 is 9.53 Å². The van der Waals surface area contributed by atoms with E-state index in [9.17, 15) is 4.79 Å². The Morgan fingerprint density at radius 3 is 2.90 bits per heavy atom. The molecule has 0 atom stereocenters. The number of carbonyl (C=O) groups excluding carboxylic acids is 1. The largest absolute Gasteiger partial charge is 0.490 e. The van der Waals surface area contributed by atoms with E-state index in [4.69, 9.17) is 10.5 Å². The number of piperidine rings is 1. The number of aromatic nitrogens is 2. The fraction of sp³-hybridized carbons (Fsp3) is 0.364. The maximum Gasteiger partial charge on any atom is 0.256 e. The number of nitrogens with one attached hydrogen (secondary N) is 1. The summed E-state index contributed by atoms with van der Waals surface area (Å²) in [7, 11) is 2.05.